The predicted octanol–water partition coefficient (Wildman–Crippen LogP) is 15.6. The monoisotopic (exact) mass is 927 g/mol. The van der Waals surface area contributed by atoms with E-state index in [1.807, 2.05) is 0 Å². The first-order valence-electron chi connectivity index (χ1n) is 29.0. The van der Waals surface area contributed by atoms with Gasteiger partial charge in [0, 0.05) is 10.8 Å². The molecule has 5 nitrogen and oxygen atoms in total. The molecule has 10 fully saturated rings. The molecule has 10 aliphatic carbocycles. The number of carbonyl (C=O) groups excluding carboxylic acids is 1. The number of hydrogen-bond donors (Lipinski definition) is 2. The van der Waals surface area contributed by atoms with E-state index < -0.39 is 34.0 Å². The average molecular weight is 927 g/mol. The molecule has 2 N–H and O–H groups in total. The zero-order valence-electron chi connectivity index (χ0n) is 46.2. The highest BCUT2D eigenvalue weighted by atomic mass is 16.6. The second kappa shape index (κ2) is 14.8. The molecule has 5 heteroatoms. The quantitative estimate of drug-likeness (QED) is 0.276. The summed E-state index contributed by atoms with van der Waals surface area (Å²) in [5.41, 5.74) is -4.36. The van der Waals surface area contributed by atoms with E-state index in [2.05, 4.69) is 111 Å². The molecule has 67 heavy (non-hydrogen) atoms. The number of carbonyl (C=O) groups is 2. The van der Waals surface area contributed by atoms with Crippen LogP contribution in [-0.2, 0) is 14.3 Å². The molecule has 10 aliphatic rings. The van der Waals surface area contributed by atoms with E-state index >= 15 is 4.79 Å². The van der Waals surface area contributed by atoms with Crippen molar-refractivity contribution in [1.29, 1.82) is 0 Å². The maximum Gasteiger partial charge on any atom is 0.348 e. The largest absolute Gasteiger partial charge is 0.478 e. The van der Waals surface area contributed by atoms with Crippen LogP contribution in [0.15, 0.2) is 0 Å². The summed E-state index contributed by atoms with van der Waals surface area (Å²) in [5.74, 6) is 4.43. The Hall–Kier alpha value is -1.10. The van der Waals surface area contributed by atoms with Gasteiger partial charge in [0.05, 0.1) is 0 Å². The van der Waals surface area contributed by atoms with Gasteiger partial charge < -0.3 is 14.9 Å². The summed E-state index contributed by atoms with van der Waals surface area (Å²) in [6, 6.07) is 0. The van der Waals surface area contributed by atoms with Crippen LogP contribution in [0.2, 0.25) is 0 Å². The van der Waals surface area contributed by atoms with Crippen LogP contribution in [0.25, 0.3) is 0 Å². The van der Waals surface area contributed by atoms with E-state index in [0.29, 0.717) is 65.6 Å². The van der Waals surface area contributed by atoms with Crippen molar-refractivity contribution in [3.05, 3.63) is 0 Å². The van der Waals surface area contributed by atoms with Crippen molar-refractivity contribution >= 4 is 11.9 Å². The van der Waals surface area contributed by atoms with Crippen molar-refractivity contribution in [3.63, 3.8) is 0 Å². The van der Waals surface area contributed by atoms with Gasteiger partial charge in [0.1, 0.15) is 0 Å². The number of esters is 1. The number of aliphatic carboxylic acids is 1. The second-order valence-electron chi connectivity index (χ2n) is 31.4. The molecule has 0 aliphatic heterocycles. The van der Waals surface area contributed by atoms with Gasteiger partial charge in [-0.25, -0.2) is 9.59 Å². The summed E-state index contributed by atoms with van der Waals surface area (Å²) < 4.78 is 7.29. The summed E-state index contributed by atoms with van der Waals surface area (Å²) in [4.78, 5) is 31.1. The van der Waals surface area contributed by atoms with Gasteiger partial charge in [0.15, 0.2) is 5.60 Å². The Bertz CT molecular complexity index is 2020. The van der Waals surface area contributed by atoms with Crippen LogP contribution in [0.1, 0.15) is 239 Å². The van der Waals surface area contributed by atoms with Crippen molar-refractivity contribution in [2.24, 2.45) is 125 Å². The lowest BCUT2D eigenvalue weighted by molar-refractivity contribution is -0.312. The van der Waals surface area contributed by atoms with Crippen LogP contribution < -0.4 is 0 Å². The highest BCUT2D eigenvalue weighted by molar-refractivity contribution is 5.87. The van der Waals surface area contributed by atoms with Crippen LogP contribution in [0.3, 0.4) is 0 Å². The lowest BCUT2D eigenvalue weighted by Crippen LogP contribution is -2.76. The lowest BCUT2D eigenvalue weighted by Gasteiger charge is -2.76. The molecule has 0 bridgehead atoms. The Kier molecular flexibility index (Phi) is 10.9. The van der Waals surface area contributed by atoms with Crippen LogP contribution in [-0.4, -0.2) is 33.4 Å². The molecule has 0 heterocycles. The number of carboxylic acids is 1. The molecular weight excluding hydrogens is 825 g/mol. The van der Waals surface area contributed by atoms with Crippen LogP contribution in [0, 0.1) is 125 Å². The van der Waals surface area contributed by atoms with Gasteiger partial charge >= 0.3 is 11.9 Å². The van der Waals surface area contributed by atoms with Crippen molar-refractivity contribution in [2.75, 3.05) is 0 Å². The molecule has 380 valence electrons. The first kappa shape index (κ1) is 49.5. The summed E-state index contributed by atoms with van der Waals surface area (Å²) >= 11 is 0. The van der Waals surface area contributed by atoms with E-state index in [4.69, 9.17) is 4.74 Å². The number of fused-ring (bicyclic) bond motifs is 14. The fourth-order valence-corrected chi connectivity index (χ4v) is 24.4. The average Bonchev–Trinajstić information content (AvgIpc) is 3.24. The third-order valence-corrected chi connectivity index (χ3v) is 29.1. The molecule has 0 radical (unpaired) electrons. The molecule has 0 saturated heterocycles. The smallest absolute Gasteiger partial charge is 0.348 e. The number of hydrogen-bond acceptors (Lipinski definition) is 4. The Morgan fingerprint density at radius 2 is 0.851 bits per heavy atom. The van der Waals surface area contributed by atoms with Gasteiger partial charge in [-0.15, -0.1) is 0 Å². The fraction of sp³-hybridized carbons (Fsp3) is 0.968. The third-order valence-electron chi connectivity index (χ3n) is 29.1. The van der Waals surface area contributed by atoms with Crippen molar-refractivity contribution in [3.8, 4) is 0 Å². The van der Waals surface area contributed by atoms with E-state index in [1.165, 1.54) is 51.4 Å². The zero-order chi connectivity index (χ0) is 48.9. The Labute approximate surface area is 410 Å². The molecule has 0 aromatic carbocycles. The first-order chi connectivity index (χ1) is 30.9. The number of aliphatic hydroxyl groups is 1. The highest BCUT2D eigenvalue weighted by Crippen LogP contribution is 2.81. The molecular formula is C62H102O5. The normalized spacial score (nSPS) is 59.5. The standard InChI is InChI=1S/C62H102O5/c1-37-21-25-53(9)31-33-55(11)41(47(53)39(37)3)17-19-45-57(55,13)27-23-43-51(5,6)29-35-61(66,59(43,45)15)50(65)67-62(49(63)64)36-30-52(7,8)44-24-28-58(14)46(60(44,62)16)20-18-42-48-40(4)38(2)22-26-54(48,10)32-34-56(42,58)12/h37-48,66H,17-36H2,1-16H3,(H,63,64)/t37-,38-,39+,40+,41-,42-,43+,44+,45+,46+,47+,48+,53-,54-,55-,56-,57-,58-,59+,60+,61?,62?/m1/s1. The fourth-order valence-electron chi connectivity index (χ4n) is 24.4. The predicted molar refractivity (Wildman–Crippen MR) is 271 cm³/mol. The van der Waals surface area contributed by atoms with Crippen molar-refractivity contribution in [2.45, 2.75) is 250 Å². The Balaban J connectivity index is 1.05. The Morgan fingerprint density at radius 3 is 1.30 bits per heavy atom. The molecule has 0 amide bonds. The van der Waals surface area contributed by atoms with Gasteiger partial charge in [-0.05, 0) is 243 Å². The van der Waals surface area contributed by atoms with Crippen LogP contribution in [0.5, 0.6) is 0 Å². The van der Waals surface area contributed by atoms with Crippen molar-refractivity contribution in [1.82, 2.24) is 0 Å². The lowest BCUT2D eigenvalue weighted by atomic mass is 9.29. The summed E-state index contributed by atoms with van der Waals surface area (Å²) in [6.45, 7) is 40.1. The molecule has 2 unspecified atom stereocenters. The zero-order valence-corrected chi connectivity index (χ0v) is 46.2. The SMILES string of the molecule is C[C@@H]1[C@H]2[C@H]3CC[C@@H]4[C@]5(C)[C@@H](CC[C@@]4(C)[C@]3(C)CC[C@@]2(C)CC[C@H]1C)C(C)(C)CCC5(O)C(=O)OC1(C(=O)O)CCC(C)(C)[C@@H]2CC[C@]3(C)[C@H](CC[C@@H]4[C@@H]5[C@@H](C)[C@H](C)CC[C@]5(C)CC[C@]43C)[C@]21C. The van der Waals surface area contributed by atoms with Crippen LogP contribution >= 0.6 is 0 Å². The minimum atomic E-state index is -1.77. The van der Waals surface area contributed by atoms with E-state index in [-0.39, 0.29) is 56.2 Å². The number of ether oxygens (including phenoxy) is 1. The van der Waals surface area contributed by atoms with Gasteiger partial charge in [-0.2, -0.15) is 0 Å². The molecule has 22 atom stereocenters. The molecule has 10 saturated carbocycles. The van der Waals surface area contributed by atoms with Crippen molar-refractivity contribution < 1.29 is 24.5 Å². The molecule has 0 aromatic rings. The summed E-state index contributed by atoms with van der Waals surface area (Å²) in [6.07, 6.45) is 20.9. The Morgan fingerprint density at radius 1 is 0.433 bits per heavy atom. The molecule has 0 spiro atoms. The van der Waals surface area contributed by atoms with E-state index in [1.54, 1.807) is 0 Å². The summed E-state index contributed by atoms with van der Waals surface area (Å²) in [5, 5.41) is 26.3. The second-order valence-corrected chi connectivity index (χ2v) is 31.4. The van der Waals surface area contributed by atoms with Gasteiger partial charge in [-0.3, -0.25) is 0 Å². The first-order valence-corrected chi connectivity index (χ1v) is 29.0. The minimum Gasteiger partial charge on any atom is -0.478 e. The topological polar surface area (TPSA) is 83.8 Å². The van der Waals surface area contributed by atoms with Gasteiger partial charge in [-0.1, -0.05) is 111 Å². The maximum absolute atomic E-state index is 16.3. The van der Waals surface area contributed by atoms with E-state index in [0.717, 1.165) is 69.6 Å². The van der Waals surface area contributed by atoms with Crippen LogP contribution in [0.4, 0.5) is 0 Å². The number of carboxylic acid groups (broad SMARTS) is 1. The maximum atomic E-state index is 16.3. The number of rotatable bonds is 3. The highest BCUT2D eigenvalue weighted by Gasteiger charge is 2.79. The van der Waals surface area contributed by atoms with E-state index in [9.17, 15) is 15.0 Å². The molecule has 10 rings (SSSR count). The van der Waals surface area contributed by atoms with Gasteiger partial charge in [0.2, 0.25) is 5.60 Å². The third kappa shape index (κ3) is 5.83. The summed E-state index contributed by atoms with van der Waals surface area (Å²) in [7, 11) is 0. The minimum absolute atomic E-state index is 0.0516. The van der Waals surface area contributed by atoms with Gasteiger partial charge in [0.25, 0.3) is 0 Å². The molecule has 0 aromatic heterocycles.